The van der Waals surface area contributed by atoms with Gasteiger partial charge in [-0.05, 0) is 56.5 Å². The first-order valence-corrected chi connectivity index (χ1v) is 10.4. The zero-order valence-electron chi connectivity index (χ0n) is 15.4. The molecule has 3 rings (SSSR count). The number of carbonyl (C=O) groups excluding carboxylic acids is 1. The summed E-state index contributed by atoms with van der Waals surface area (Å²) >= 11 is 0. The van der Waals surface area contributed by atoms with E-state index in [1.165, 1.54) is 30.3 Å². The van der Waals surface area contributed by atoms with Crippen molar-refractivity contribution in [3.8, 4) is 0 Å². The molecule has 0 aliphatic carbocycles. The fourth-order valence-corrected chi connectivity index (χ4v) is 4.32. The minimum atomic E-state index is -3.98. The van der Waals surface area contributed by atoms with Crippen molar-refractivity contribution < 1.29 is 18.1 Å². The smallest absolute Gasteiger partial charge is 0.270 e. The van der Waals surface area contributed by atoms with Crippen molar-refractivity contribution in [1.29, 1.82) is 0 Å². The first kappa shape index (κ1) is 19.8. The number of likely N-dealkylation sites (tertiary alicyclic amines) is 1. The lowest BCUT2D eigenvalue weighted by molar-refractivity contribution is -0.385. The van der Waals surface area contributed by atoms with Gasteiger partial charge in [0.05, 0.1) is 9.82 Å². The molecular weight excluding hydrogens is 382 g/mol. The molecule has 1 unspecified atom stereocenters. The zero-order chi connectivity index (χ0) is 20.3. The van der Waals surface area contributed by atoms with Crippen LogP contribution in [0.3, 0.4) is 0 Å². The van der Waals surface area contributed by atoms with Gasteiger partial charge in [-0.15, -0.1) is 0 Å². The van der Waals surface area contributed by atoms with Crippen LogP contribution in [0.2, 0.25) is 0 Å². The molecule has 0 spiro atoms. The van der Waals surface area contributed by atoms with Gasteiger partial charge in [-0.2, -0.15) is 0 Å². The third-order valence-electron chi connectivity index (χ3n) is 4.79. The SMILES string of the molecule is CC1CCCCN1C(=O)c1ccc(NS(=O)(=O)c2cccc([N+](=O)[O-])c2)cc1. The first-order valence-electron chi connectivity index (χ1n) is 8.96. The molecule has 1 amide bonds. The number of nitro groups is 1. The van der Waals surface area contributed by atoms with E-state index in [0.29, 0.717) is 5.56 Å². The normalized spacial score (nSPS) is 17.2. The fraction of sp³-hybridized carbons (Fsp3) is 0.316. The van der Waals surface area contributed by atoms with Gasteiger partial charge in [0.25, 0.3) is 21.6 Å². The van der Waals surface area contributed by atoms with Crippen LogP contribution in [0, 0.1) is 10.1 Å². The number of sulfonamides is 1. The minimum Gasteiger partial charge on any atom is -0.336 e. The highest BCUT2D eigenvalue weighted by molar-refractivity contribution is 7.92. The van der Waals surface area contributed by atoms with Crippen LogP contribution in [0.5, 0.6) is 0 Å². The van der Waals surface area contributed by atoms with Crippen molar-refractivity contribution >= 4 is 27.3 Å². The third-order valence-corrected chi connectivity index (χ3v) is 6.17. The van der Waals surface area contributed by atoms with Gasteiger partial charge in [-0.3, -0.25) is 19.6 Å². The molecule has 28 heavy (non-hydrogen) atoms. The zero-order valence-corrected chi connectivity index (χ0v) is 16.2. The Morgan fingerprint density at radius 2 is 1.89 bits per heavy atom. The number of nitro benzene ring substituents is 1. The van der Waals surface area contributed by atoms with Crippen LogP contribution < -0.4 is 4.72 Å². The van der Waals surface area contributed by atoms with E-state index in [2.05, 4.69) is 4.72 Å². The summed E-state index contributed by atoms with van der Waals surface area (Å²) in [6.45, 7) is 2.75. The minimum absolute atomic E-state index is 0.0692. The number of hydrogen-bond acceptors (Lipinski definition) is 5. The topological polar surface area (TPSA) is 110 Å². The van der Waals surface area contributed by atoms with Crippen LogP contribution >= 0.6 is 0 Å². The molecule has 0 bridgehead atoms. The van der Waals surface area contributed by atoms with Crippen LogP contribution in [0.1, 0.15) is 36.5 Å². The highest BCUT2D eigenvalue weighted by Crippen LogP contribution is 2.22. The molecule has 2 aromatic carbocycles. The van der Waals surface area contributed by atoms with Gasteiger partial charge in [-0.1, -0.05) is 6.07 Å². The Morgan fingerprint density at radius 1 is 1.18 bits per heavy atom. The molecule has 0 aromatic heterocycles. The summed E-state index contributed by atoms with van der Waals surface area (Å²) in [6, 6.07) is 11.2. The van der Waals surface area contributed by atoms with Crippen LogP contribution in [0.25, 0.3) is 0 Å². The standard InChI is InChI=1S/C19H21N3O5S/c1-14-5-2-3-12-21(14)19(23)15-8-10-16(11-9-15)20-28(26,27)18-7-4-6-17(13-18)22(24)25/h4,6-11,13-14,20H,2-3,5,12H2,1H3. The van der Waals surface area contributed by atoms with E-state index in [0.717, 1.165) is 31.9 Å². The van der Waals surface area contributed by atoms with Gasteiger partial charge in [0.15, 0.2) is 0 Å². The summed E-state index contributed by atoms with van der Waals surface area (Å²) in [4.78, 5) is 24.5. The maximum absolute atomic E-state index is 12.7. The highest BCUT2D eigenvalue weighted by atomic mass is 32.2. The summed E-state index contributed by atoms with van der Waals surface area (Å²) in [7, 11) is -3.98. The predicted molar refractivity (Wildman–Crippen MR) is 105 cm³/mol. The number of rotatable bonds is 5. The van der Waals surface area contributed by atoms with Gasteiger partial charge < -0.3 is 4.90 Å². The summed E-state index contributed by atoms with van der Waals surface area (Å²) in [5.41, 5.74) is 0.460. The molecule has 1 aliphatic heterocycles. The van der Waals surface area contributed by atoms with Crippen LogP contribution in [-0.4, -0.2) is 36.7 Å². The summed E-state index contributed by atoms with van der Waals surface area (Å²) in [5, 5.41) is 10.8. The molecule has 1 fully saturated rings. The highest BCUT2D eigenvalue weighted by Gasteiger charge is 2.24. The van der Waals surface area contributed by atoms with E-state index in [9.17, 15) is 23.3 Å². The van der Waals surface area contributed by atoms with E-state index in [-0.39, 0.29) is 28.2 Å². The maximum Gasteiger partial charge on any atom is 0.270 e. The number of nitrogens with zero attached hydrogens (tertiary/aromatic N) is 2. The van der Waals surface area contributed by atoms with Crippen molar-refractivity contribution in [3.05, 3.63) is 64.2 Å². The van der Waals surface area contributed by atoms with Crippen LogP contribution in [0.15, 0.2) is 53.4 Å². The number of benzene rings is 2. The molecule has 0 saturated carbocycles. The predicted octanol–water partition coefficient (Wildman–Crippen LogP) is 3.41. The quantitative estimate of drug-likeness (QED) is 0.608. The van der Waals surface area contributed by atoms with Crippen molar-refractivity contribution in [3.63, 3.8) is 0 Å². The third kappa shape index (κ3) is 4.30. The lowest BCUT2D eigenvalue weighted by Crippen LogP contribution is -2.42. The number of hydrogen-bond donors (Lipinski definition) is 1. The van der Waals surface area contributed by atoms with Gasteiger partial charge in [-0.25, -0.2) is 8.42 Å². The first-order chi connectivity index (χ1) is 13.3. The number of carbonyl (C=O) groups is 1. The van der Waals surface area contributed by atoms with Crippen LogP contribution in [0.4, 0.5) is 11.4 Å². The Balaban J connectivity index is 1.75. The molecule has 0 radical (unpaired) electrons. The Hall–Kier alpha value is -2.94. The summed E-state index contributed by atoms with van der Waals surface area (Å²) < 4.78 is 27.3. The second kappa shape index (κ2) is 7.97. The number of nitrogens with one attached hydrogen (secondary N) is 1. The molecular formula is C19H21N3O5S. The van der Waals surface area contributed by atoms with Gasteiger partial charge in [0.2, 0.25) is 0 Å². The van der Waals surface area contributed by atoms with Crippen molar-refractivity contribution in [2.75, 3.05) is 11.3 Å². The average molecular weight is 403 g/mol. The molecule has 1 aliphatic rings. The lowest BCUT2D eigenvalue weighted by Gasteiger charge is -2.33. The Bertz CT molecular complexity index is 989. The van der Waals surface area contributed by atoms with Crippen molar-refractivity contribution in [1.82, 2.24) is 4.90 Å². The van der Waals surface area contributed by atoms with E-state index >= 15 is 0 Å². The van der Waals surface area contributed by atoms with E-state index in [4.69, 9.17) is 0 Å². The molecule has 148 valence electrons. The Morgan fingerprint density at radius 3 is 2.54 bits per heavy atom. The number of anilines is 1. The van der Waals surface area contributed by atoms with E-state index < -0.39 is 14.9 Å². The van der Waals surface area contributed by atoms with Crippen molar-refractivity contribution in [2.45, 2.75) is 37.1 Å². The van der Waals surface area contributed by atoms with Gasteiger partial charge >= 0.3 is 0 Å². The molecule has 1 atom stereocenters. The molecule has 1 heterocycles. The monoisotopic (exact) mass is 403 g/mol. The molecule has 2 aromatic rings. The Labute approximate surface area is 163 Å². The largest absolute Gasteiger partial charge is 0.336 e. The number of amides is 1. The van der Waals surface area contributed by atoms with Gasteiger partial charge in [0.1, 0.15) is 0 Å². The molecule has 9 heteroatoms. The van der Waals surface area contributed by atoms with Crippen LogP contribution in [-0.2, 0) is 10.0 Å². The number of non-ortho nitro benzene ring substituents is 1. The van der Waals surface area contributed by atoms with Gasteiger partial charge in [0, 0.05) is 36.0 Å². The second-order valence-corrected chi connectivity index (χ2v) is 8.46. The Kier molecular flexibility index (Phi) is 5.64. The van der Waals surface area contributed by atoms with E-state index in [1.54, 1.807) is 12.1 Å². The lowest BCUT2D eigenvalue weighted by atomic mass is 10.0. The van der Waals surface area contributed by atoms with E-state index in [1.807, 2.05) is 11.8 Å². The maximum atomic E-state index is 12.7. The molecule has 8 nitrogen and oxygen atoms in total. The molecule has 1 saturated heterocycles. The number of piperidine rings is 1. The average Bonchev–Trinajstić information content (AvgIpc) is 2.68. The van der Waals surface area contributed by atoms with Crippen molar-refractivity contribution in [2.24, 2.45) is 0 Å². The molecule has 1 N–H and O–H groups in total. The summed E-state index contributed by atoms with van der Waals surface area (Å²) in [5.74, 6) is -0.0692. The fourth-order valence-electron chi connectivity index (χ4n) is 3.22. The summed E-state index contributed by atoms with van der Waals surface area (Å²) in [6.07, 6.45) is 3.08. The second-order valence-electron chi connectivity index (χ2n) is 6.78.